The van der Waals surface area contributed by atoms with Gasteiger partial charge >= 0.3 is 5.97 Å². The topological polar surface area (TPSA) is 79.4 Å². The molecular weight excluding hydrogens is 258 g/mol. The van der Waals surface area contributed by atoms with E-state index in [9.17, 15) is 14.7 Å². The maximum absolute atomic E-state index is 11.9. The Hall–Kier alpha value is -2.56. The summed E-state index contributed by atoms with van der Waals surface area (Å²) in [5.41, 5.74) is 0.673. The standard InChI is InChI=1S/C15H15NO4/c1-3-20-12-7-5-4-6-10(12)11-8-9(2)16-14(17)13(11)15(18)19/h4-8H,3H2,1-2H3,(H,16,17)(H,18,19). The number of carboxylic acids is 1. The van der Waals surface area contributed by atoms with Crippen LogP contribution in [0.1, 0.15) is 23.0 Å². The number of aryl methyl sites for hydroxylation is 1. The van der Waals surface area contributed by atoms with Crippen molar-refractivity contribution in [2.75, 3.05) is 6.61 Å². The molecule has 2 rings (SSSR count). The average molecular weight is 273 g/mol. The van der Waals surface area contributed by atoms with Gasteiger partial charge in [-0.15, -0.1) is 0 Å². The molecule has 0 saturated heterocycles. The number of carbonyl (C=O) groups is 1. The molecule has 5 heteroatoms. The number of rotatable bonds is 4. The number of nitrogens with one attached hydrogen (secondary N) is 1. The van der Waals surface area contributed by atoms with Crippen molar-refractivity contribution >= 4 is 5.97 Å². The number of aromatic amines is 1. The number of H-pyrrole nitrogens is 1. The molecule has 20 heavy (non-hydrogen) atoms. The van der Waals surface area contributed by atoms with Crippen molar-refractivity contribution in [3.05, 3.63) is 51.9 Å². The normalized spacial score (nSPS) is 10.3. The maximum atomic E-state index is 11.9. The van der Waals surface area contributed by atoms with Crippen LogP contribution in [-0.4, -0.2) is 22.7 Å². The van der Waals surface area contributed by atoms with Gasteiger partial charge in [0.15, 0.2) is 0 Å². The average Bonchev–Trinajstić information content (AvgIpc) is 2.38. The van der Waals surface area contributed by atoms with Crippen molar-refractivity contribution in [1.29, 1.82) is 0 Å². The monoisotopic (exact) mass is 273 g/mol. The second kappa shape index (κ2) is 5.61. The Morgan fingerprint density at radius 1 is 1.30 bits per heavy atom. The van der Waals surface area contributed by atoms with Crippen molar-refractivity contribution in [3.8, 4) is 16.9 Å². The Morgan fingerprint density at radius 3 is 2.65 bits per heavy atom. The number of benzene rings is 1. The molecule has 1 aromatic carbocycles. The molecule has 104 valence electrons. The molecule has 0 amide bonds. The number of aromatic carboxylic acids is 1. The molecule has 0 aliphatic rings. The number of aromatic nitrogens is 1. The summed E-state index contributed by atoms with van der Waals surface area (Å²) in [6, 6.07) is 8.71. The molecule has 0 saturated carbocycles. The number of hydrogen-bond donors (Lipinski definition) is 2. The van der Waals surface area contributed by atoms with E-state index in [0.717, 1.165) is 0 Å². The maximum Gasteiger partial charge on any atom is 0.341 e. The summed E-state index contributed by atoms with van der Waals surface area (Å²) >= 11 is 0. The highest BCUT2D eigenvalue weighted by molar-refractivity contribution is 5.96. The second-order valence-electron chi connectivity index (χ2n) is 4.30. The Balaban J connectivity index is 2.75. The first-order valence-corrected chi connectivity index (χ1v) is 6.24. The van der Waals surface area contributed by atoms with E-state index >= 15 is 0 Å². The van der Waals surface area contributed by atoms with Crippen LogP contribution < -0.4 is 10.3 Å². The summed E-state index contributed by atoms with van der Waals surface area (Å²) in [5.74, 6) is -0.699. The van der Waals surface area contributed by atoms with E-state index < -0.39 is 11.5 Å². The van der Waals surface area contributed by atoms with Gasteiger partial charge in [0.1, 0.15) is 11.3 Å². The van der Waals surface area contributed by atoms with E-state index in [4.69, 9.17) is 4.74 Å². The van der Waals surface area contributed by atoms with Crippen molar-refractivity contribution in [2.24, 2.45) is 0 Å². The van der Waals surface area contributed by atoms with Crippen molar-refractivity contribution < 1.29 is 14.6 Å². The van der Waals surface area contributed by atoms with Gasteiger partial charge in [0.2, 0.25) is 0 Å². The first-order chi connectivity index (χ1) is 9.54. The van der Waals surface area contributed by atoms with Crippen LogP contribution in [0.5, 0.6) is 5.75 Å². The lowest BCUT2D eigenvalue weighted by molar-refractivity contribution is 0.0696. The molecule has 0 aliphatic heterocycles. The number of carboxylic acid groups (broad SMARTS) is 1. The third-order valence-corrected chi connectivity index (χ3v) is 2.86. The first kappa shape index (κ1) is 13.9. The molecule has 0 fully saturated rings. The summed E-state index contributed by atoms with van der Waals surface area (Å²) < 4.78 is 5.50. The molecule has 1 heterocycles. The molecule has 0 aliphatic carbocycles. The van der Waals surface area contributed by atoms with Gasteiger partial charge in [-0.3, -0.25) is 4.79 Å². The lowest BCUT2D eigenvalue weighted by Gasteiger charge is -2.12. The van der Waals surface area contributed by atoms with Gasteiger partial charge in [-0.2, -0.15) is 0 Å². The first-order valence-electron chi connectivity index (χ1n) is 6.24. The molecule has 0 bridgehead atoms. The molecule has 1 aromatic heterocycles. The van der Waals surface area contributed by atoms with Crippen molar-refractivity contribution in [3.63, 3.8) is 0 Å². The minimum absolute atomic E-state index is 0.275. The highest BCUT2D eigenvalue weighted by Crippen LogP contribution is 2.31. The van der Waals surface area contributed by atoms with Crippen molar-refractivity contribution in [2.45, 2.75) is 13.8 Å². The lowest BCUT2D eigenvalue weighted by atomic mass is 9.99. The smallest absolute Gasteiger partial charge is 0.341 e. The molecule has 2 aromatic rings. The molecule has 0 radical (unpaired) electrons. The van der Waals surface area contributed by atoms with E-state index in [1.807, 2.05) is 6.92 Å². The Morgan fingerprint density at radius 2 is 2.00 bits per heavy atom. The molecule has 0 atom stereocenters. The van der Waals surface area contributed by atoms with Crippen LogP contribution in [0.3, 0.4) is 0 Å². The Labute approximate surface area is 115 Å². The summed E-state index contributed by atoms with van der Waals surface area (Å²) in [6.07, 6.45) is 0. The Bertz CT molecular complexity index is 703. The van der Waals surface area contributed by atoms with Crippen LogP contribution in [0.15, 0.2) is 35.1 Å². The number of hydrogen-bond acceptors (Lipinski definition) is 3. The molecule has 0 spiro atoms. The SMILES string of the molecule is CCOc1ccccc1-c1cc(C)[nH]c(=O)c1C(=O)O. The fourth-order valence-corrected chi connectivity index (χ4v) is 2.08. The third kappa shape index (κ3) is 2.56. The van der Waals surface area contributed by atoms with Crippen LogP contribution in [0.25, 0.3) is 11.1 Å². The quantitative estimate of drug-likeness (QED) is 0.896. The summed E-state index contributed by atoms with van der Waals surface area (Å²) in [5, 5.41) is 9.26. The van der Waals surface area contributed by atoms with Crippen LogP contribution in [0.2, 0.25) is 0 Å². The highest BCUT2D eigenvalue weighted by Gasteiger charge is 2.19. The van der Waals surface area contributed by atoms with E-state index in [0.29, 0.717) is 29.2 Å². The lowest BCUT2D eigenvalue weighted by Crippen LogP contribution is -2.20. The Kier molecular flexibility index (Phi) is 3.89. The zero-order valence-electron chi connectivity index (χ0n) is 11.3. The summed E-state index contributed by atoms with van der Waals surface area (Å²) in [7, 11) is 0. The van der Waals surface area contributed by atoms with Gasteiger partial charge < -0.3 is 14.8 Å². The fourth-order valence-electron chi connectivity index (χ4n) is 2.08. The highest BCUT2D eigenvalue weighted by atomic mass is 16.5. The van der Waals surface area contributed by atoms with Gasteiger partial charge in [-0.1, -0.05) is 18.2 Å². The summed E-state index contributed by atoms with van der Waals surface area (Å²) in [4.78, 5) is 25.7. The number of ether oxygens (including phenoxy) is 1. The number of para-hydroxylation sites is 1. The van der Waals surface area contributed by atoms with Gasteiger partial charge in [0.25, 0.3) is 5.56 Å². The van der Waals surface area contributed by atoms with Crippen LogP contribution in [0, 0.1) is 6.92 Å². The zero-order valence-corrected chi connectivity index (χ0v) is 11.3. The van der Waals surface area contributed by atoms with E-state index in [1.165, 1.54) is 0 Å². The van der Waals surface area contributed by atoms with Crippen LogP contribution >= 0.6 is 0 Å². The second-order valence-corrected chi connectivity index (χ2v) is 4.30. The minimum Gasteiger partial charge on any atom is -0.493 e. The molecule has 5 nitrogen and oxygen atoms in total. The van der Waals surface area contributed by atoms with E-state index in [2.05, 4.69) is 4.98 Å². The molecule has 2 N–H and O–H groups in total. The van der Waals surface area contributed by atoms with Gasteiger partial charge in [-0.25, -0.2) is 4.79 Å². The third-order valence-electron chi connectivity index (χ3n) is 2.86. The van der Waals surface area contributed by atoms with Crippen LogP contribution in [0.4, 0.5) is 0 Å². The van der Waals surface area contributed by atoms with E-state index in [1.54, 1.807) is 37.3 Å². The largest absolute Gasteiger partial charge is 0.493 e. The molecular formula is C15H15NO4. The minimum atomic E-state index is -1.26. The predicted octanol–water partition coefficient (Wildman–Crippen LogP) is 2.45. The van der Waals surface area contributed by atoms with Crippen LogP contribution in [-0.2, 0) is 0 Å². The van der Waals surface area contributed by atoms with E-state index in [-0.39, 0.29) is 5.56 Å². The fraction of sp³-hybridized carbons (Fsp3) is 0.200. The summed E-state index contributed by atoms with van der Waals surface area (Å²) in [6.45, 7) is 4.01. The van der Waals surface area contributed by atoms with Gasteiger partial charge in [0, 0.05) is 16.8 Å². The predicted molar refractivity (Wildman–Crippen MR) is 75.4 cm³/mol. The van der Waals surface area contributed by atoms with Crippen molar-refractivity contribution in [1.82, 2.24) is 4.98 Å². The zero-order chi connectivity index (χ0) is 14.7. The van der Waals surface area contributed by atoms with Gasteiger partial charge in [0.05, 0.1) is 6.61 Å². The molecule has 0 unspecified atom stereocenters. The number of pyridine rings is 1. The van der Waals surface area contributed by atoms with Gasteiger partial charge in [-0.05, 0) is 26.0 Å².